The lowest BCUT2D eigenvalue weighted by Gasteiger charge is -2.27. The van der Waals surface area contributed by atoms with Crippen LogP contribution in [0.4, 0.5) is 19.3 Å². The van der Waals surface area contributed by atoms with Crippen LogP contribution in [0.2, 0.25) is 0 Å². The Hall–Kier alpha value is -3.16. The number of alkyl carbamates (subject to hydrolysis) is 1. The van der Waals surface area contributed by atoms with Gasteiger partial charge in [-0.25, -0.2) is 13.6 Å². The Morgan fingerprint density at radius 3 is 2.73 bits per heavy atom. The molecule has 1 aliphatic rings. The van der Waals surface area contributed by atoms with Crippen LogP contribution in [0, 0.1) is 11.6 Å². The summed E-state index contributed by atoms with van der Waals surface area (Å²) in [7, 11) is 1.27. The van der Waals surface area contributed by atoms with Gasteiger partial charge in [0.05, 0.1) is 25.3 Å². The maximum Gasteiger partial charge on any atom is 0.407 e. The predicted molar refractivity (Wildman–Crippen MR) is 89.1 cm³/mol. The molecule has 3 rings (SSSR count). The summed E-state index contributed by atoms with van der Waals surface area (Å²) in [5, 5.41) is 5.20. The molecule has 136 valence electrons. The van der Waals surface area contributed by atoms with Crippen molar-refractivity contribution in [2.75, 3.05) is 19.0 Å². The van der Waals surface area contributed by atoms with Gasteiger partial charge < -0.3 is 20.1 Å². The number of fused-ring (bicyclic) bond motifs is 1. The zero-order valence-corrected chi connectivity index (χ0v) is 13.8. The van der Waals surface area contributed by atoms with E-state index in [4.69, 9.17) is 4.74 Å². The Kier molecular flexibility index (Phi) is 5.01. The van der Waals surface area contributed by atoms with Crippen LogP contribution in [0.1, 0.15) is 28.4 Å². The standard InChI is InChI=1S/C18H16F2N2O4/c1-25-18(24)22-15-7-8-26-16-11(15)3-2-4-12(16)17(23)21-10-5-6-13(19)14(20)9-10/h2-6,9,15H,7-8H2,1H3,(H,21,23)(H,22,24)/t15-/m1/s1. The fourth-order valence-corrected chi connectivity index (χ4v) is 2.73. The van der Waals surface area contributed by atoms with Crippen molar-refractivity contribution >= 4 is 17.7 Å². The molecular formula is C18H16F2N2O4. The smallest absolute Gasteiger partial charge is 0.407 e. The molecule has 0 radical (unpaired) electrons. The molecule has 1 aliphatic heterocycles. The predicted octanol–water partition coefficient (Wildman–Crippen LogP) is 3.40. The van der Waals surface area contributed by atoms with Gasteiger partial charge in [0.25, 0.3) is 5.91 Å². The van der Waals surface area contributed by atoms with E-state index in [1.54, 1.807) is 18.2 Å². The number of benzene rings is 2. The first-order valence-electron chi connectivity index (χ1n) is 7.86. The van der Waals surface area contributed by atoms with Crippen molar-refractivity contribution in [3.8, 4) is 5.75 Å². The van der Waals surface area contributed by atoms with Crippen molar-refractivity contribution < 1.29 is 27.8 Å². The highest BCUT2D eigenvalue weighted by Gasteiger charge is 2.27. The van der Waals surface area contributed by atoms with Crippen LogP contribution in [0.15, 0.2) is 36.4 Å². The molecule has 0 spiro atoms. The van der Waals surface area contributed by atoms with Crippen molar-refractivity contribution in [3.05, 3.63) is 59.2 Å². The summed E-state index contributed by atoms with van der Waals surface area (Å²) in [6.45, 7) is 0.303. The molecule has 2 N–H and O–H groups in total. The minimum Gasteiger partial charge on any atom is -0.492 e. The van der Waals surface area contributed by atoms with Gasteiger partial charge in [0, 0.05) is 23.7 Å². The lowest BCUT2D eigenvalue weighted by atomic mass is 9.97. The van der Waals surface area contributed by atoms with Crippen molar-refractivity contribution in [2.45, 2.75) is 12.5 Å². The summed E-state index contributed by atoms with van der Waals surface area (Å²) < 4.78 is 36.5. The molecular weight excluding hydrogens is 346 g/mol. The molecule has 6 nitrogen and oxygen atoms in total. The molecule has 2 aromatic rings. The number of carbonyl (C=O) groups is 2. The average molecular weight is 362 g/mol. The summed E-state index contributed by atoms with van der Waals surface area (Å²) in [5.74, 6) is -2.26. The van der Waals surface area contributed by atoms with Crippen LogP contribution < -0.4 is 15.4 Å². The van der Waals surface area contributed by atoms with E-state index < -0.39 is 23.6 Å². The molecule has 2 aromatic carbocycles. The molecule has 1 atom stereocenters. The zero-order chi connectivity index (χ0) is 18.7. The van der Waals surface area contributed by atoms with Gasteiger partial charge in [-0.05, 0) is 18.2 Å². The van der Waals surface area contributed by atoms with E-state index in [-0.39, 0.29) is 17.3 Å². The van der Waals surface area contributed by atoms with E-state index in [1.807, 2.05) is 0 Å². The summed E-state index contributed by atoms with van der Waals surface area (Å²) in [6, 6.07) is 7.66. The van der Waals surface area contributed by atoms with Crippen LogP contribution >= 0.6 is 0 Å². The minimum absolute atomic E-state index is 0.117. The molecule has 2 amide bonds. The molecule has 0 bridgehead atoms. The van der Waals surface area contributed by atoms with Gasteiger partial charge in [-0.1, -0.05) is 12.1 Å². The highest BCUT2D eigenvalue weighted by Crippen LogP contribution is 2.35. The summed E-state index contributed by atoms with van der Waals surface area (Å²) in [5.41, 5.74) is 0.981. The van der Waals surface area contributed by atoms with Gasteiger partial charge in [0.1, 0.15) is 5.75 Å². The van der Waals surface area contributed by atoms with E-state index in [0.717, 1.165) is 12.1 Å². The zero-order valence-electron chi connectivity index (χ0n) is 13.8. The number of nitrogens with one attached hydrogen (secondary N) is 2. The van der Waals surface area contributed by atoms with Gasteiger partial charge >= 0.3 is 6.09 Å². The molecule has 0 saturated heterocycles. The van der Waals surface area contributed by atoms with Crippen LogP contribution in [-0.4, -0.2) is 25.7 Å². The monoisotopic (exact) mass is 362 g/mol. The highest BCUT2D eigenvalue weighted by atomic mass is 19.2. The normalized spacial score (nSPS) is 15.4. The summed E-state index contributed by atoms with van der Waals surface area (Å²) in [4.78, 5) is 24.0. The first kappa shape index (κ1) is 17.7. The third-order valence-corrected chi connectivity index (χ3v) is 3.97. The molecule has 0 aromatic heterocycles. The first-order valence-corrected chi connectivity index (χ1v) is 7.86. The lowest BCUT2D eigenvalue weighted by molar-refractivity contribution is 0.102. The number of para-hydroxylation sites is 1. The molecule has 0 aliphatic carbocycles. The van der Waals surface area contributed by atoms with Gasteiger partial charge in [0.15, 0.2) is 11.6 Å². The second-order valence-corrected chi connectivity index (χ2v) is 5.63. The quantitative estimate of drug-likeness (QED) is 0.877. The van der Waals surface area contributed by atoms with Crippen molar-refractivity contribution in [3.63, 3.8) is 0 Å². The fourth-order valence-electron chi connectivity index (χ4n) is 2.73. The Balaban J connectivity index is 1.86. The van der Waals surface area contributed by atoms with E-state index in [0.29, 0.717) is 24.3 Å². The molecule has 1 heterocycles. The second-order valence-electron chi connectivity index (χ2n) is 5.63. The largest absolute Gasteiger partial charge is 0.492 e. The number of amides is 2. The maximum atomic E-state index is 13.3. The molecule has 0 unspecified atom stereocenters. The Labute approximate surface area is 148 Å². The van der Waals surface area contributed by atoms with Gasteiger partial charge in [-0.15, -0.1) is 0 Å². The fraction of sp³-hybridized carbons (Fsp3) is 0.222. The van der Waals surface area contributed by atoms with E-state index in [1.165, 1.54) is 13.2 Å². The van der Waals surface area contributed by atoms with Gasteiger partial charge in [0.2, 0.25) is 0 Å². The molecule has 8 heteroatoms. The second kappa shape index (κ2) is 7.38. The van der Waals surface area contributed by atoms with Crippen molar-refractivity contribution in [2.24, 2.45) is 0 Å². The lowest BCUT2D eigenvalue weighted by Crippen LogP contribution is -2.32. The number of ether oxygens (including phenoxy) is 2. The van der Waals surface area contributed by atoms with Gasteiger partial charge in [-0.2, -0.15) is 0 Å². The minimum atomic E-state index is -1.06. The van der Waals surface area contributed by atoms with Crippen LogP contribution in [-0.2, 0) is 4.74 Å². The van der Waals surface area contributed by atoms with Crippen LogP contribution in [0.5, 0.6) is 5.75 Å². The first-order chi connectivity index (χ1) is 12.5. The Bertz CT molecular complexity index is 857. The number of methoxy groups -OCH3 is 1. The molecule has 0 saturated carbocycles. The third-order valence-electron chi connectivity index (χ3n) is 3.97. The highest BCUT2D eigenvalue weighted by molar-refractivity contribution is 6.06. The topological polar surface area (TPSA) is 76.7 Å². The van der Waals surface area contributed by atoms with E-state index in [2.05, 4.69) is 15.4 Å². The number of rotatable bonds is 3. The van der Waals surface area contributed by atoms with Crippen molar-refractivity contribution in [1.29, 1.82) is 0 Å². The SMILES string of the molecule is COC(=O)N[C@@H]1CCOc2c(C(=O)Nc3ccc(F)c(F)c3)cccc21. The van der Waals surface area contributed by atoms with E-state index in [9.17, 15) is 18.4 Å². The van der Waals surface area contributed by atoms with Crippen LogP contribution in [0.3, 0.4) is 0 Å². The number of hydrogen-bond donors (Lipinski definition) is 2. The Morgan fingerprint density at radius 2 is 2.00 bits per heavy atom. The van der Waals surface area contributed by atoms with Gasteiger partial charge in [-0.3, -0.25) is 4.79 Å². The average Bonchev–Trinajstić information content (AvgIpc) is 2.64. The number of hydrogen-bond acceptors (Lipinski definition) is 4. The Morgan fingerprint density at radius 1 is 1.19 bits per heavy atom. The molecule has 26 heavy (non-hydrogen) atoms. The number of carbonyl (C=O) groups excluding carboxylic acids is 2. The molecule has 0 fully saturated rings. The summed E-state index contributed by atoms with van der Waals surface area (Å²) >= 11 is 0. The maximum absolute atomic E-state index is 13.3. The number of anilines is 1. The van der Waals surface area contributed by atoms with Crippen molar-refractivity contribution in [1.82, 2.24) is 5.32 Å². The number of halogens is 2. The third kappa shape index (κ3) is 3.58. The van der Waals surface area contributed by atoms with E-state index >= 15 is 0 Å². The van der Waals surface area contributed by atoms with Crippen LogP contribution in [0.25, 0.3) is 0 Å². The summed E-state index contributed by atoms with van der Waals surface area (Å²) in [6.07, 6.45) is -0.0597.